The SMILES string of the molecule is CCC1=Cc2ccccc2C1c1nc2c(n1CC)CNC2C(C)(C)C. The minimum Gasteiger partial charge on any atom is -0.330 e. The van der Waals surface area contributed by atoms with Gasteiger partial charge in [0, 0.05) is 13.1 Å². The Balaban J connectivity index is 1.86. The second-order valence-corrected chi connectivity index (χ2v) is 8.36. The number of nitrogens with zero attached hydrogens (tertiary/aromatic N) is 2. The molecule has 2 aromatic rings. The molecule has 2 atom stereocenters. The van der Waals surface area contributed by atoms with Gasteiger partial charge in [-0.1, -0.05) is 63.6 Å². The lowest BCUT2D eigenvalue weighted by molar-refractivity contribution is 0.283. The third-order valence-electron chi connectivity index (χ3n) is 5.75. The molecule has 1 aromatic heterocycles. The van der Waals surface area contributed by atoms with Gasteiger partial charge in [0.25, 0.3) is 0 Å². The fraction of sp³-hybridized carbons (Fsp3) is 0.500. The number of hydrogen-bond acceptors (Lipinski definition) is 2. The van der Waals surface area contributed by atoms with Crippen molar-refractivity contribution in [2.24, 2.45) is 5.41 Å². The quantitative estimate of drug-likeness (QED) is 0.852. The van der Waals surface area contributed by atoms with Crippen molar-refractivity contribution in [2.75, 3.05) is 0 Å². The van der Waals surface area contributed by atoms with Crippen molar-refractivity contribution < 1.29 is 0 Å². The van der Waals surface area contributed by atoms with E-state index in [4.69, 9.17) is 4.98 Å². The van der Waals surface area contributed by atoms with Crippen LogP contribution in [0.1, 0.15) is 81.3 Å². The lowest BCUT2D eigenvalue weighted by Crippen LogP contribution is -2.27. The lowest BCUT2D eigenvalue weighted by atomic mass is 9.86. The van der Waals surface area contributed by atoms with Gasteiger partial charge in [0.05, 0.1) is 23.3 Å². The molecule has 0 amide bonds. The second-order valence-electron chi connectivity index (χ2n) is 8.36. The van der Waals surface area contributed by atoms with Crippen LogP contribution in [0.5, 0.6) is 0 Å². The van der Waals surface area contributed by atoms with Crippen LogP contribution < -0.4 is 5.32 Å². The van der Waals surface area contributed by atoms with Crippen LogP contribution in [0.3, 0.4) is 0 Å². The summed E-state index contributed by atoms with van der Waals surface area (Å²) in [7, 11) is 0. The van der Waals surface area contributed by atoms with Gasteiger partial charge in [-0.3, -0.25) is 0 Å². The van der Waals surface area contributed by atoms with Gasteiger partial charge in [0.15, 0.2) is 0 Å². The highest BCUT2D eigenvalue weighted by Gasteiger charge is 2.39. The van der Waals surface area contributed by atoms with Crippen LogP contribution in [0.2, 0.25) is 0 Å². The Hall–Kier alpha value is -1.87. The molecule has 2 unspecified atom stereocenters. The van der Waals surface area contributed by atoms with Gasteiger partial charge in [-0.05, 0) is 29.9 Å². The lowest BCUT2D eigenvalue weighted by Gasteiger charge is -2.26. The number of imidazole rings is 1. The highest BCUT2D eigenvalue weighted by Crippen LogP contribution is 2.45. The first-order valence-electron chi connectivity index (χ1n) is 9.57. The minimum absolute atomic E-state index is 0.173. The molecule has 1 N–H and O–H groups in total. The van der Waals surface area contributed by atoms with Crippen molar-refractivity contribution in [1.82, 2.24) is 14.9 Å². The number of nitrogens with one attached hydrogen (secondary N) is 1. The summed E-state index contributed by atoms with van der Waals surface area (Å²) in [4.78, 5) is 5.25. The number of allylic oxidation sites excluding steroid dienone is 1. The maximum atomic E-state index is 5.25. The number of hydrogen-bond donors (Lipinski definition) is 1. The molecule has 3 heteroatoms. The molecule has 0 fully saturated rings. The zero-order chi connectivity index (χ0) is 17.8. The molecule has 2 heterocycles. The molecular weight excluding hydrogens is 306 g/mol. The molecule has 1 aliphatic heterocycles. The normalized spacial score (nSPS) is 22.0. The summed E-state index contributed by atoms with van der Waals surface area (Å²) in [6.45, 7) is 13.3. The summed E-state index contributed by atoms with van der Waals surface area (Å²) in [5.74, 6) is 1.55. The maximum Gasteiger partial charge on any atom is 0.121 e. The standard InChI is InChI=1S/C22H29N3/c1-6-14-12-15-10-8-9-11-16(15)18(14)21-24-19-17(25(21)7-2)13-23-20(19)22(3,4)5/h8-12,18,20,23H,6-7,13H2,1-5H3. The summed E-state index contributed by atoms with van der Waals surface area (Å²) in [5.41, 5.74) is 7.09. The van der Waals surface area contributed by atoms with Crippen molar-refractivity contribution >= 4 is 6.08 Å². The molecule has 132 valence electrons. The predicted octanol–water partition coefficient (Wildman–Crippen LogP) is 5.03. The monoisotopic (exact) mass is 335 g/mol. The number of benzene rings is 1. The van der Waals surface area contributed by atoms with E-state index >= 15 is 0 Å². The van der Waals surface area contributed by atoms with E-state index in [1.165, 1.54) is 33.9 Å². The zero-order valence-corrected chi connectivity index (χ0v) is 16.1. The average molecular weight is 335 g/mol. The van der Waals surface area contributed by atoms with Crippen LogP contribution in [0.25, 0.3) is 6.08 Å². The van der Waals surface area contributed by atoms with E-state index in [2.05, 4.69) is 74.8 Å². The second kappa shape index (κ2) is 5.84. The highest BCUT2D eigenvalue weighted by atomic mass is 15.2. The van der Waals surface area contributed by atoms with E-state index in [-0.39, 0.29) is 5.41 Å². The minimum atomic E-state index is 0.173. The first-order valence-corrected chi connectivity index (χ1v) is 9.57. The van der Waals surface area contributed by atoms with Crippen LogP contribution >= 0.6 is 0 Å². The topological polar surface area (TPSA) is 29.9 Å². The smallest absolute Gasteiger partial charge is 0.121 e. The van der Waals surface area contributed by atoms with Crippen molar-refractivity contribution in [1.29, 1.82) is 0 Å². The molecule has 0 spiro atoms. The molecule has 1 aliphatic carbocycles. The predicted molar refractivity (Wildman–Crippen MR) is 103 cm³/mol. The molecule has 3 nitrogen and oxygen atoms in total. The van der Waals surface area contributed by atoms with Gasteiger partial charge in [-0.2, -0.15) is 0 Å². The van der Waals surface area contributed by atoms with Gasteiger partial charge in [-0.25, -0.2) is 4.98 Å². The van der Waals surface area contributed by atoms with Crippen LogP contribution in [-0.2, 0) is 13.1 Å². The van der Waals surface area contributed by atoms with Crippen molar-refractivity contribution in [3.63, 3.8) is 0 Å². The Morgan fingerprint density at radius 1 is 1.20 bits per heavy atom. The van der Waals surface area contributed by atoms with Gasteiger partial charge in [0.1, 0.15) is 5.82 Å². The molecule has 2 aliphatic rings. The number of fused-ring (bicyclic) bond motifs is 2. The van der Waals surface area contributed by atoms with Crippen LogP contribution in [0.4, 0.5) is 0 Å². The molecule has 4 rings (SSSR count). The Labute approximate surface area is 151 Å². The average Bonchev–Trinajstić information content (AvgIpc) is 3.23. The molecule has 1 aromatic carbocycles. The fourth-order valence-corrected chi connectivity index (χ4v) is 4.53. The summed E-state index contributed by atoms with van der Waals surface area (Å²) in [5, 5.41) is 3.68. The zero-order valence-electron chi connectivity index (χ0n) is 16.1. The summed E-state index contributed by atoms with van der Waals surface area (Å²) < 4.78 is 2.46. The molecule has 0 saturated carbocycles. The van der Waals surface area contributed by atoms with E-state index in [1.54, 1.807) is 0 Å². The van der Waals surface area contributed by atoms with E-state index in [0.717, 1.165) is 19.5 Å². The van der Waals surface area contributed by atoms with E-state index in [9.17, 15) is 0 Å². The van der Waals surface area contributed by atoms with E-state index < -0.39 is 0 Å². The Morgan fingerprint density at radius 3 is 2.64 bits per heavy atom. The molecule has 0 radical (unpaired) electrons. The van der Waals surface area contributed by atoms with Gasteiger partial charge < -0.3 is 9.88 Å². The van der Waals surface area contributed by atoms with E-state index in [1.807, 2.05) is 0 Å². The van der Waals surface area contributed by atoms with Crippen molar-refractivity contribution in [2.45, 2.75) is 66.1 Å². The largest absolute Gasteiger partial charge is 0.330 e. The van der Waals surface area contributed by atoms with Crippen molar-refractivity contribution in [3.8, 4) is 0 Å². The fourth-order valence-electron chi connectivity index (χ4n) is 4.53. The highest BCUT2D eigenvalue weighted by molar-refractivity contribution is 5.68. The Morgan fingerprint density at radius 2 is 1.96 bits per heavy atom. The molecular formula is C22H29N3. The van der Waals surface area contributed by atoms with Crippen LogP contribution in [-0.4, -0.2) is 9.55 Å². The van der Waals surface area contributed by atoms with Gasteiger partial charge in [0.2, 0.25) is 0 Å². The molecule has 25 heavy (non-hydrogen) atoms. The van der Waals surface area contributed by atoms with Crippen LogP contribution in [0.15, 0.2) is 29.8 Å². The number of rotatable bonds is 3. The molecule has 0 bridgehead atoms. The third kappa shape index (κ3) is 2.48. The Bertz CT molecular complexity index is 835. The molecule has 0 saturated heterocycles. The third-order valence-corrected chi connectivity index (χ3v) is 5.75. The summed E-state index contributed by atoms with van der Waals surface area (Å²) in [6.07, 6.45) is 3.45. The van der Waals surface area contributed by atoms with Gasteiger partial charge >= 0.3 is 0 Å². The summed E-state index contributed by atoms with van der Waals surface area (Å²) in [6, 6.07) is 9.14. The first-order chi connectivity index (χ1) is 12.0. The number of aromatic nitrogens is 2. The maximum absolute atomic E-state index is 5.25. The summed E-state index contributed by atoms with van der Waals surface area (Å²) >= 11 is 0. The van der Waals surface area contributed by atoms with Gasteiger partial charge in [-0.15, -0.1) is 0 Å². The van der Waals surface area contributed by atoms with Crippen molar-refractivity contribution in [3.05, 3.63) is 58.2 Å². The Kier molecular flexibility index (Phi) is 3.88. The van der Waals surface area contributed by atoms with E-state index in [0.29, 0.717) is 12.0 Å². The van der Waals surface area contributed by atoms with Crippen LogP contribution in [0, 0.1) is 5.41 Å². The first kappa shape index (κ1) is 16.6.